The molecule has 0 unspecified atom stereocenters. The second-order valence-electron chi connectivity index (χ2n) is 3.54. The molecule has 1 heterocycles. The van der Waals surface area contributed by atoms with Crippen LogP contribution in [0.15, 0.2) is 6.07 Å². The van der Waals surface area contributed by atoms with E-state index in [1.54, 1.807) is 6.92 Å². The molecule has 0 aliphatic rings. The molecule has 0 aliphatic heterocycles. The Morgan fingerprint density at radius 3 is 2.56 bits per heavy atom. The van der Waals surface area contributed by atoms with Gasteiger partial charge >= 0.3 is 6.18 Å². The summed E-state index contributed by atoms with van der Waals surface area (Å²) in [5.74, 6) is 0. The van der Waals surface area contributed by atoms with Crippen LogP contribution in [0.2, 0.25) is 0 Å². The molecular formula is C10H16F3N3. The molecule has 1 rings (SSSR count). The molecule has 1 aromatic heterocycles. The van der Waals surface area contributed by atoms with Crippen molar-refractivity contribution in [3.63, 3.8) is 0 Å². The van der Waals surface area contributed by atoms with Gasteiger partial charge in [-0.2, -0.15) is 18.3 Å². The Hall–Kier alpha value is -1.04. The first kappa shape index (κ1) is 13.0. The largest absolute Gasteiger partial charge is 0.433 e. The van der Waals surface area contributed by atoms with Crippen LogP contribution < -0.4 is 5.32 Å². The van der Waals surface area contributed by atoms with Gasteiger partial charge in [-0.05, 0) is 39.4 Å². The number of hydrogen-bond acceptors (Lipinski definition) is 2. The Bertz CT molecular complexity index is 331. The molecule has 92 valence electrons. The first-order valence-electron chi connectivity index (χ1n) is 5.27. The third-order valence-corrected chi connectivity index (χ3v) is 2.28. The third-order valence-electron chi connectivity index (χ3n) is 2.28. The van der Waals surface area contributed by atoms with Crippen LogP contribution in [0, 0.1) is 0 Å². The number of rotatable bonds is 5. The Balaban J connectivity index is 2.78. The third kappa shape index (κ3) is 3.23. The number of aromatic nitrogens is 2. The van der Waals surface area contributed by atoms with Crippen molar-refractivity contribution in [2.75, 3.05) is 13.6 Å². The standard InChI is InChI=1S/C10H16F3N3/c1-3-16-9(10(11,12)13)7-8(15-16)5-4-6-14-2/h7,14H,3-6H2,1-2H3. The van der Waals surface area contributed by atoms with Gasteiger partial charge in [-0.15, -0.1) is 0 Å². The fraction of sp³-hybridized carbons (Fsp3) is 0.700. The summed E-state index contributed by atoms with van der Waals surface area (Å²) in [6.45, 7) is 2.67. The van der Waals surface area contributed by atoms with Crippen molar-refractivity contribution in [1.82, 2.24) is 15.1 Å². The molecule has 16 heavy (non-hydrogen) atoms. The average molecular weight is 235 g/mol. The van der Waals surface area contributed by atoms with E-state index < -0.39 is 11.9 Å². The summed E-state index contributed by atoms with van der Waals surface area (Å²) in [4.78, 5) is 0. The van der Waals surface area contributed by atoms with Crippen LogP contribution in [-0.4, -0.2) is 23.4 Å². The Labute approximate surface area is 92.6 Å². The Morgan fingerprint density at radius 1 is 1.44 bits per heavy atom. The molecule has 0 aliphatic carbocycles. The molecule has 1 N–H and O–H groups in total. The highest BCUT2D eigenvalue weighted by atomic mass is 19.4. The van der Waals surface area contributed by atoms with Crippen LogP contribution in [-0.2, 0) is 19.1 Å². The van der Waals surface area contributed by atoms with E-state index in [-0.39, 0.29) is 6.54 Å². The van der Waals surface area contributed by atoms with Gasteiger partial charge in [0, 0.05) is 6.54 Å². The molecule has 1 aromatic rings. The lowest BCUT2D eigenvalue weighted by atomic mass is 10.2. The summed E-state index contributed by atoms with van der Waals surface area (Å²) in [5, 5.41) is 6.88. The van der Waals surface area contributed by atoms with Crippen molar-refractivity contribution in [3.8, 4) is 0 Å². The molecule has 0 saturated carbocycles. The normalized spacial score (nSPS) is 12.1. The highest BCUT2D eigenvalue weighted by Crippen LogP contribution is 2.29. The second kappa shape index (κ2) is 5.34. The lowest BCUT2D eigenvalue weighted by Crippen LogP contribution is -2.13. The van der Waals surface area contributed by atoms with E-state index >= 15 is 0 Å². The summed E-state index contributed by atoms with van der Waals surface area (Å²) in [5.41, 5.74) is -0.154. The van der Waals surface area contributed by atoms with Crippen molar-refractivity contribution >= 4 is 0 Å². The van der Waals surface area contributed by atoms with E-state index in [1.165, 1.54) is 0 Å². The van der Waals surface area contributed by atoms with Crippen LogP contribution in [0.5, 0.6) is 0 Å². The first-order chi connectivity index (χ1) is 7.49. The molecule has 0 amide bonds. The molecule has 0 bridgehead atoms. The molecule has 0 atom stereocenters. The minimum Gasteiger partial charge on any atom is -0.320 e. The molecule has 0 radical (unpaired) electrons. The number of aryl methyl sites for hydroxylation is 2. The molecule has 0 saturated heterocycles. The van der Waals surface area contributed by atoms with Crippen LogP contribution in [0.3, 0.4) is 0 Å². The SMILES string of the molecule is CCn1nc(CCCNC)cc1C(F)(F)F. The van der Waals surface area contributed by atoms with Gasteiger partial charge in [-0.1, -0.05) is 0 Å². The summed E-state index contributed by atoms with van der Waals surface area (Å²) in [6, 6.07) is 1.14. The van der Waals surface area contributed by atoms with Gasteiger partial charge in [-0.25, -0.2) is 0 Å². The molecule has 0 aromatic carbocycles. The zero-order chi connectivity index (χ0) is 12.2. The zero-order valence-electron chi connectivity index (χ0n) is 9.43. The summed E-state index contributed by atoms with van der Waals surface area (Å²) < 4.78 is 38.7. The van der Waals surface area contributed by atoms with Gasteiger partial charge in [-0.3, -0.25) is 4.68 Å². The van der Waals surface area contributed by atoms with Gasteiger partial charge in [0.1, 0.15) is 5.69 Å². The van der Waals surface area contributed by atoms with Crippen LogP contribution in [0.1, 0.15) is 24.7 Å². The highest BCUT2D eigenvalue weighted by Gasteiger charge is 2.35. The number of hydrogen-bond donors (Lipinski definition) is 1. The Morgan fingerprint density at radius 2 is 2.12 bits per heavy atom. The van der Waals surface area contributed by atoms with E-state index in [4.69, 9.17) is 0 Å². The molecule has 6 heteroatoms. The average Bonchev–Trinajstić information content (AvgIpc) is 2.61. The van der Waals surface area contributed by atoms with E-state index in [9.17, 15) is 13.2 Å². The van der Waals surface area contributed by atoms with Crippen LogP contribution >= 0.6 is 0 Å². The lowest BCUT2D eigenvalue weighted by Gasteiger charge is -2.07. The van der Waals surface area contributed by atoms with Crippen molar-refractivity contribution in [1.29, 1.82) is 0 Å². The maximum Gasteiger partial charge on any atom is 0.433 e. The fourth-order valence-corrected chi connectivity index (χ4v) is 1.51. The van der Waals surface area contributed by atoms with Crippen molar-refractivity contribution in [2.45, 2.75) is 32.5 Å². The highest BCUT2D eigenvalue weighted by molar-refractivity contribution is 5.13. The number of halogens is 3. The molecular weight excluding hydrogens is 219 g/mol. The minimum absolute atomic E-state index is 0.237. The predicted octanol–water partition coefficient (Wildman–Crippen LogP) is 2.07. The van der Waals surface area contributed by atoms with Gasteiger partial charge in [0.25, 0.3) is 0 Å². The predicted molar refractivity (Wildman–Crippen MR) is 55.2 cm³/mol. The smallest absolute Gasteiger partial charge is 0.320 e. The summed E-state index contributed by atoms with van der Waals surface area (Å²) in [7, 11) is 1.81. The van der Waals surface area contributed by atoms with Crippen molar-refractivity contribution in [2.24, 2.45) is 0 Å². The summed E-state index contributed by atoms with van der Waals surface area (Å²) in [6.07, 6.45) is -2.96. The zero-order valence-corrected chi connectivity index (χ0v) is 9.43. The number of nitrogens with one attached hydrogen (secondary N) is 1. The lowest BCUT2D eigenvalue weighted by molar-refractivity contribution is -0.144. The van der Waals surface area contributed by atoms with E-state index in [0.717, 1.165) is 23.7 Å². The summed E-state index contributed by atoms with van der Waals surface area (Å²) >= 11 is 0. The fourth-order valence-electron chi connectivity index (χ4n) is 1.51. The quantitative estimate of drug-likeness (QED) is 0.792. The van der Waals surface area contributed by atoms with Crippen molar-refractivity contribution < 1.29 is 13.2 Å². The second-order valence-corrected chi connectivity index (χ2v) is 3.54. The minimum atomic E-state index is -4.32. The topological polar surface area (TPSA) is 29.9 Å². The van der Waals surface area contributed by atoms with Crippen molar-refractivity contribution in [3.05, 3.63) is 17.5 Å². The van der Waals surface area contributed by atoms with E-state index in [0.29, 0.717) is 12.1 Å². The first-order valence-corrected chi connectivity index (χ1v) is 5.27. The van der Waals surface area contributed by atoms with Gasteiger partial charge in [0.15, 0.2) is 0 Å². The maximum absolute atomic E-state index is 12.6. The number of alkyl halides is 3. The van der Waals surface area contributed by atoms with Crippen LogP contribution in [0.4, 0.5) is 13.2 Å². The van der Waals surface area contributed by atoms with E-state index in [2.05, 4.69) is 10.4 Å². The van der Waals surface area contributed by atoms with Gasteiger partial charge in [0.05, 0.1) is 5.69 Å². The van der Waals surface area contributed by atoms with Crippen LogP contribution in [0.25, 0.3) is 0 Å². The maximum atomic E-state index is 12.6. The molecule has 3 nitrogen and oxygen atoms in total. The van der Waals surface area contributed by atoms with E-state index in [1.807, 2.05) is 7.05 Å². The van der Waals surface area contributed by atoms with Gasteiger partial charge < -0.3 is 5.32 Å². The monoisotopic (exact) mass is 235 g/mol. The molecule has 0 fully saturated rings. The number of nitrogens with zero attached hydrogens (tertiary/aromatic N) is 2. The van der Waals surface area contributed by atoms with Gasteiger partial charge in [0.2, 0.25) is 0 Å². The Kier molecular flexibility index (Phi) is 4.35. The molecule has 0 spiro atoms.